The second-order valence-corrected chi connectivity index (χ2v) is 6.45. The van der Waals surface area contributed by atoms with Gasteiger partial charge in [-0.25, -0.2) is 0 Å². The van der Waals surface area contributed by atoms with Crippen molar-refractivity contribution in [3.63, 3.8) is 0 Å². The summed E-state index contributed by atoms with van der Waals surface area (Å²) < 4.78 is 0. The fourth-order valence-corrected chi connectivity index (χ4v) is 2.85. The number of carbonyl (C=O) groups is 1. The number of alkyl halides is 1. The van der Waals surface area contributed by atoms with Crippen molar-refractivity contribution in [3.05, 3.63) is 35.9 Å². The lowest BCUT2D eigenvalue weighted by Gasteiger charge is -2.32. The van der Waals surface area contributed by atoms with E-state index in [1.165, 1.54) is 5.56 Å². The zero-order valence-electron chi connectivity index (χ0n) is 10.8. The number of likely N-dealkylation sites (tertiary alicyclic amines) is 1. The van der Waals surface area contributed by atoms with Crippen LogP contribution in [0.1, 0.15) is 25.3 Å². The van der Waals surface area contributed by atoms with Gasteiger partial charge in [0.25, 0.3) is 0 Å². The van der Waals surface area contributed by atoms with Gasteiger partial charge in [-0.05, 0) is 37.7 Å². The largest absolute Gasteiger partial charge is 0.342 e. The maximum absolute atomic E-state index is 11.8. The summed E-state index contributed by atoms with van der Waals surface area (Å²) in [7, 11) is 0. The number of hydrogen-bond acceptors (Lipinski definition) is 1. The summed E-state index contributed by atoms with van der Waals surface area (Å²) >= 11 is 3.35. The second-order valence-electron chi connectivity index (χ2n) is 5.07. The minimum atomic E-state index is -0.0526. The van der Waals surface area contributed by atoms with Crippen molar-refractivity contribution in [1.82, 2.24) is 4.90 Å². The summed E-state index contributed by atoms with van der Waals surface area (Å²) in [6.07, 6.45) is 3.40. The van der Waals surface area contributed by atoms with Gasteiger partial charge in [-0.2, -0.15) is 0 Å². The van der Waals surface area contributed by atoms with Gasteiger partial charge >= 0.3 is 0 Å². The standard InChI is InChI=1S/C15H20BrNO/c1-12(16)15(18)17-9-7-14(8-10-17)11-13-5-3-2-4-6-13/h2-6,12,14H,7-11H2,1H3/t12-/m0/s1. The Kier molecular flexibility index (Phi) is 4.81. The predicted octanol–water partition coefficient (Wildman–Crippen LogP) is 3.25. The van der Waals surface area contributed by atoms with Crippen LogP contribution in [0.15, 0.2) is 30.3 Å². The Labute approximate surface area is 117 Å². The molecule has 0 aliphatic carbocycles. The Morgan fingerprint density at radius 2 is 1.94 bits per heavy atom. The first-order valence-electron chi connectivity index (χ1n) is 6.63. The Balaban J connectivity index is 1.82. The van der Waals surface area contributed by atoms with Gasteiger partial charge in [-0.1, -0.05) is 46.3 Å². The molecule has 1 saturated heterocycles. The van der Waals surface area contributed by atoms with Gasteiger partial charge in [0.2, 0.25) is 5.91 Å². The first-order chi connectivity index (χ1) is 8.66. The average molecular weight is 310 g/mol. The van der Waals surface area contributed by atoms with Crippen molar-refractivity contribution >= 4 is 21.8 Å². The van der Waals surface area contributed by atoms with E-state index in [-0.39, 0.29) is 10.7 Å². The van der Waals surface area contributed by atoms with E-state index in [4.69, 9.17) is 0 Å². The quantitative estimate of drug-likeness (QED) is 0.785. The van der Waals surface area contributed by atoms with E-state index >= 15 is 0 Å². The van der Waals surface area contributed by atoms with Crippen molar-refractivity contribution in [3.8, 4) is 0 Å². The topological polar surface area (TPSA) is 20.3 Å². The van der Waals surface area contributed by atoms with Crippen molar-refractivity contribution in [2.24, 2.45) is 5.92 Å². The van der Waals surface area contributed by atoms with Gasteiger partial charge in [-0.15, -0.1) is 0 Å². The molecular formula is C15H20BrNO. The van der Waals surface area contributed by atoms with E-state index in [1.807, 2.05) is 11.8 Å². The van der Waals surface area contributed by atoms with Crippen LogP contribution >= 0.6 is 15.9 Å². The van der Waals surface area contributed by atoms with E-state index in [1.54, 1.807) is 0 Å². The fourth-order valence-electron chi connectivity index (χ4n) is 2.56. The molecule has 0 saturated carbocycles. The minimum absolute atomic E-state index is 0.0526. The molecular weight excluding hydrogens is 290 g/mol. The molecule has 0 bridgehead atoms. The van der Waals surface area contributed by atoms with Gasteiger partial charge in [0.1, 0.15) is 0 Å². The van der Waals surface area contributed by atoms with Gasteiger partial charge in [0.05, 0.1) is 4.83 Å². The number of piperidine rings is 1. The van der Waals surface area contributed by atoms with Gasteiger partial charge < -0.3 is 4.90 Å². The van der Waals surface area contributed by atoms with E-state index in [9.17, 15) is 4.79 Å². The highest BCUT2D eigenvalue weighted by atomic mass is 79.9. The molecule has 3 heteroatoms. The lowest BCUT2D eigenvalue weighted by atomic mass is 9.90. The maximum Gasteiger partial charge on any atom is 0.236 e. The van der Waals surface area contributed by atoms with Crippen molar-refractivity contribution < 1.29 is 4.79 Å². The number of amides is 1. The van der Waals surface area contributed by atoms with E-state index in [0.29, 0.717) is 0 Å². The lowest BCUT2D eigenvalue weighted by Crippen LogP contribution is -2.41. The van der Waals surface area contributed by atoms with Crippen LogP contribution in [-0.2, 0) is 11.2 Å². The van der Waals surface area contributed by atoms with Crippen LogP contribution in [0.25, 0.3) is 0 Å². The molecule has 1 aliphatic heterocycles. The molecule has 2 rings (SSSR count). The monoisotopic (exact) mass is 309 g/mol. The van der Waals surface area contributed by atoms with Crippen LogP contribution in [0.4, 0.5) is 0 Å². The molecule has 2 nitrogen and oxygen atoms in total. The molecule has 98 valence electrons. The first-order valence-corrected chi connectivity index (χ1v) is 7.55. The molecule has 1 fully saturated rings. The maximum atomic E-state index is 11.8. The zero-order chi connectivity index (χ0) is 13.0. The molecule has 0 spiro atoms. The lowest BCUT2D eigenvalue weighted by molar-refractivity contribution is -0.131. The van der Waals surface area contributed by atoms with Crippen LogP contribution in [0.3, 0.4) is 0 Å². The molecule has 1 aliphatic rings. The molecule has 1 amide bonds. The number of rotatable bonds is 3. The molecule has 0 aromatic heterocycles. The van der Waals surface area contributed by atoms with Crippen LogP contribution in [0.5, 0.6) is 0 Å². The second kappa shape index (κ2) is 6.37. The van der Waals surface area contributed by atoms with E-state index in [0.717, 1.165) is 38.3 Å². The summed E-state index contributed by atoms with van der Waals surface area (Å²) in [6.45, 7) is 3.72. The zero-order valence-corrected chi connectivity index (χ0v) is 12.4. The van der Waals surface area contributed by atoms with Crippen LogP contribution in [0, 0.1) is 5.92 Å². The number of hydrogen-bond donors (Lipinski definition) is 0. The fraction of sp³-hybridized carbons (Fsp3) is 0.533. The number of carbonyl (C=O) groups excluding carboxylic acids is 1. The summed E-state index contributed by atoms with van der Waals surface area (Å²) in [5.41, 5.74) is 1.41. The third-order valence-corrected chi connectivity index (χ3v) is 4.03. The Bertz CT molecular complexity index is 383. The van der Waals surface area contributed by atoms with E-state index in [2.05, 4.69) is 46.3 Å². The van der Waals surface area contributed by atoms with Crippen molar-refractivity contribution in [2.75, 3.05) is 13.1 Å². The average Bonchev–Trinajstić information content (AvgIpc) is 2.40. The SMILES string of the molecule is C[C@H](Br)C(=O)N1CCC(Cc2ccccc2)CC1. The summed E-state index contributed by atoms with van der Waals surface area (Å²) in [5, 5.41) is 0. The Morgan fingerprint density at radius 1 is 1.33 bits per heavy atom. The Hall–Kier alpha value is -0.830. The normalized spacial score (nSPS) is 18.7. The molecule has 0 unspecified atom stereocenters. The number of halogens is 1. The highest BCUT2D eigenvalue weighted by Crippen LogP contribution is 2.22. The van der Waals surface area contributed by atoms with Crippen molar-refractivity contribution in [2.45, 2.75) is 31.0 Å². The first kappa shape index (κ1) is 13.6. The molecule has 1 heterocycles. The molecule has 0 N–H and O–H groups in total. The molecule has 0 radical (unpaired) electrons. The van der Waals surface area contributed by atoms with E-state index < -0.39 is 0 Å². The smallest absolute Gasteiger partial charge is 0.236 e. The molecule has 1 atom stereocenters. The van der Waals surface area contributed by atoms with Gasteiger partial charge in [0, 0.05) is 13.1 Å². The van der Waals surface area contributed by atoms with Crippen LogP contribution in [-0.4, -0.2) is 28.7 Å². The van der Waals surface area contributed by atoms with Gasteiger partial charge in [-0.3, -0.25) is 4.79 Å². The minimum Gasteiger partial charge on any atom is -0.342 e. The Morgan fingerprint density at radius 3 is 2.50 bits per heavy atom. The highest BCUT2D eigenvalue weighted by Gasteiger charge is 2.24. The third-order valence-electron chi connectivity index (χ3n) is 3.63. The van der Waals surface area contributed by atoms with Gasteiger partial charge in [0.15, 0.2) is 0 Å². The van der Waals surface area contributed by atoms with Crippen LogP contribution < -0.4 is 0 Å². The third kappa shape index (κ3) is 3.58. The molecule has 1 aromatic rings. The predicted molar refractivity (Wildman–Crippen MR) is 77.8 cm³/mol. The summed E-state index contributed by atoms with van der Waals surface area (Å²) in [5.74, 6) is 0.954. The summed E-state index contributed by atoms with van der Waals surface area (Å²) in [4.78, 5) is 13.8. The molecule has 1 aromatic carbocycles. The summed E-state index contributed by atoms with van der Waals surface area (Å²) in [6, 6.07) is 10.6. The van der Waals surface area contributed by atoms with Crippen LogP contribution in [0.2, 0.25) is 0 Å². The highest BCUT2D eigenvalue weighted by molar-refractivity contribution is 9.10. The van der Waals surface area contributed by atoms with Crippen molar-refractivity contribution in [1.29, 1.82) is 0 Å². The molecule has 18 heavy (non-hydrogen) atoms. The number of benzene rings is 1. The number of nitrogens with zero attached hydrogens (tertiary/aromatic N) is 1.